The molecular weight excluding hydrogens is 360 g/mol. The highest BCUT2D eigenvalue weighted by Gasteiger charge is 2.17. The van der Waals surface area contributed by atoms with Crippen molar-refractivity contribution in [2.24, 2.45) is 0 Å². The zero-order valence-corrected chi connectivity index (χ0v) is 15.9. The Bertz CT molecular complexity index is 678. The highest BCUT2D eigenvalue weighted by Crippen LogP contribution is 2.27. The van der Waals surface area contributed by atoms with Gasteiger partial charge in [0.15, 0.2) is 11.5 Å². The molecule has 1 aromatic carbocycles. The predicted molar refractivity (Wildman–Crippen MR) is 100 cm³/mol. The second kappa shape index (κ2) is 10.4. The van der Waals surface area contributed by atoms with Gasteiger partial charge in [-0.05, 0) is 36.8 Å². The molecule has 0 aliphatic carbocycles. The second-order valence-electron chi connectivity index (χ2n) is 5.25. The SMILES string of the molecule is CSCC[C@@H](CO)NC(=O)c1cc(COc2ccccc2SC)on1. The van der Waals surface area contributed by atoms with Gasteiger partial charge in [-0.3, -0.25) is 4.79 Å². The molecule has 0 aliphatic heterocycles. The molecule has 1 aromatic heterocycles. The number of nitrogens with one attached hydrogen (secondary N) is 1. The highest BCUT2D eigenvalue weighted by atomic mass is 32.2. The molecule has 2 rings (SSSR count). The summed E-state index contributed by atoms with van der Waals surface area (Å²) in [5.74, 6) is 1.72. The molecule has 8 heteroatoms. The van der Waals surface area contributed by atoms with E-state index >= 15 is 0 Å². The average Bonchev–Trinajstić information content (AvgIpc) is 3.12. The van der Waals surface area contributed by atoms with Crippen LogP contribution >= 0.6 is 23.5 Å². The van der Waals surface area contributed by atoms with E-state index < -0.39 is 0 Å². The van der Waals surface area contributed by atoms with Crippen molar-refractivity contribution >= 4 is 29.4 Å². The first-order chi connectivity index (χ1) is 12.2. The van der Waals surface area contributed by atoms with Crippen molar-refractivity contribution in [1.82, 2.24) is 10.5 Å². The quantitative estimate of drug-likeness (QED) is 0.611. The third-order valence-corrected chi connectivity index (χ3v) is 4.88. The van der Waals surface area contributed by atoms with Crippen LogP contribution in [0.1, 0.15) is 22.7 Å². The Morgan fingerprint density at radius 2 is 2.20 bits per heavy atom. The van der Waals surface area contributed by atoms with Crippen LogP contribution in [0.15, 0.2) is 39.8 Å². The molecule has 0 bridgehead atoms. The summed E-state index contributed by atoms with van der Waals surface area (Å²) >= 11 is 3.26. The lowest BCUT2D eigenvalue weighted by molar-refractivity contribution is 0.0906. The fraction of sp³-hybridized carbons (Fsp3) is 0.412. The number of hydrogen-bond acceptors (Lipinski definition) is 7. The van der Waals surface area contributed by atoms with E-state index in [0.717, 1.165) is 16.4 Å². The van der Waals surface area contributed by atoms with E-state index in [4.69, 9.17) is 9.26 Å². The Hall–Kier alpha value is -1.64. The first-order valence-electron chi connectivity index (χ1n) is 7.80. The topological polar surface area (TPSA) is 84.6 Å². The summed E-state index contributed by atoms with van der Waals surface area (Å²) in [6.07, 6.45) is 4.66. The number of aliphatic hydroxyl groups excluding tert-OH is 1. The van der Waals surface area contributed by atoms with Crippen LogP contribution in [0.25, 0.3) is 0 Å². The molecule has 1 amide bonds. The number of aliphatic hydroxyl groups is 1. The molecule has 1 atom stereocenters. The normalized spacial score (nSPS) is 12.0. The van der Waals surface area contributed by atoms with Crippen molar-refractivity contribution in [3.05, 3.63) is 41.8 Å². The maximum absolute atomic E-state index is 12.2. The van der Waals surface area contributed by atoms with Gasteiger partial charge in [-0.25, -0.2) is 0 Å². The summed E-state index contributed by atoms with van der Waals surface area (Å²) in [5, 5.41) is 15.9. The number of hydrogen-bond donors (Lipinski definition) is 2. The van der Waals surface area contributed by atoms with Gasteiger partial charge in [-0.2, -0.15) is 11.8 Å². The monoisotopic (exact) mass is 382 g/mol. The zero-order valence-electron chi connectivity index (χ0n) is 14.2. The largest absolute Gasteiger partial charge is 0.484 e. The van der Waals surface area contributed by atoms with E-state index in [2.05, 4.69) is 10.5 Å². The number of aromatic nitrogens is 1. The number of carbonyl (C=O) groups excluding carboxylic acids is 1. The summed E-state index contributed by atoms with van der Waals surface area (Å²) in [5.41, 5.74) is 0.180. The Kier molecular flexibility index (Phi) is 8.17. The van der Waals surface area contributed by atoms with Gasteiger partial charge in [0.1, 0.15) is 12.4 Å². The van der Waals surface area contributed by atoms with Crippen LogP contribution in [-0.4, -0.2) is 47.1 Å². The van der Waals surface area contributed by atoms with Gasteiger partial charge in [-0.1, -0.05) is 17.3 Å². The maximum atomic E-state index is 12.2. The molecule has 0 radical (unpaired) electrons. The molecule has 2 N–H and O–H groups in total. The molecule has 6 nitrogen and oxygen atoms in total. The number of para-hydroxylation sites is 1. The minimum atomic E-state index is -0.361. The van der Waals surface area contributed by atoms with Crippen molar-refractivity contribution in [3.8, 4) is 5.75 Å². The van der Waals surface area contributed by atoms with Gasteiger partial charge in [0.25, 0.3) is 5.91 Å². The lowest BCUT2D eigenvalue weighted by Gasteiger charge is -2.14. The standard InChI is InChI=1S/C17H22N2O4S2/c1-24-8-7-12(10-20)18-17(21)14-9-13(23-19-14)11-22-15-5-3-4-6-16(15)25-2/h3-6,9,12,20H,7-8,10-11H2,1-2H3,(H,18,21)/t12-/m0/s1. The third-order valence-electron chi connectivity index (χ3n) is 3.46. The van der Waals surface area contributed by atoms with Crippen molar-refractivity contribution in [3.63, 3.8) is 0 Å². The van der Waals surface area contributed by atoms with Crippen LogP contribution in [0, 0.1) is 0 Å². The Labute approximate surface area is 155 Å². The summed E-state index contributed by atoms with van der Waals surface area (Å²) in [4.78, 5) is 13.2. The zero-order chi connectivity index (χ0) is 18.1. The van der Waals surface area contributed by atoms with E-state index in [1.54, 1.807) is 29.6 Å². The number of benzene rings is 1. The minimum Gasteiger partial charge on any atom is -0.484 e. The van der Waals surface area contributed by atoms with Crippen molar-refractivity contribution in [2.75, 3.05) is 24.9 Å². The van der Waals surface area contributed by atoms with E-state index in [9.17, 15) is 9.90 Å². The molecule has 0 unspecified atom stereocenters. The van der Waals surface area contributed by atoms with Crippen LogP contribution in [0.4, 0.5) is 0 Å². The minimum absolute atomic E-state index is 0.106. The Balaban J connectivity index is 1.91. The summed E-state index contributed by atoms with van der Waals surface area (Å²) in [7, 11) is 0. The van der Waals surface area contributed by atoms with E-state index in [1.807, 2.05) is 36.8 Å². The van der Waals surface area contributed by atoms with Crippen molar-refractivity contribution in [1.29, 1.82) is 0 Å². The average molecular weight is 383 g/mol. The van der Waals surface area contributed by atoms with Crippen LogP contribution in [0.2, 0.25) is 0 Å². The summed E-state index contributed by atoms with van der Waals surface area (Å²) in [6.45, 7) is 0.0827. The van der Waals surface area contributed by atoms with E-state index in [-0.39, 0.29) is 30.9 Å². The first-order valence-corrected chi connectivity index (χ1v) is 10.4. The molecule has 2 aromatic rings. The van der Waals surface area contributed by atoms with Gasteiger partial charge in [-0.15, -0.1) is 11.8 Å². The van der Waals surface area contributed by atoms with E-state index in [0.29, 0.717) is 12.2 Å². The van der Waals surface area contributed by atoms with E-state index in [1.165, 1.54) is 0 Å². The van der Waals surface area contributed by atoms with Gasteiger partial charge in [0.05, 0.1) is 12.6 Å². The van der Waals surface area contributed by atoms with Gasteiger partial charge < -0.3 is 19.7 Å². The molecule has 0 saturated carbocycles. The number of rotatable bonds is 10. The van der Waals surface area contributed by atoms with Gasteiger partial charge >= 0.3 is 0 Å². The highest BCUT2D eigenvalue weighted by molar-refractivity contribution is 7.98. The second-order valence-corrected chi connectivity index (χ2v) is 7.09. The van der Waals surface area contributed by atoms with Crippen LogP contribution in [-0.2, 0) is 6.61 Å². The van der Waals surface area contributed by atoms with Crippen LogP contribution in [0.3, 0.4) is 0 Å². The Morgan fingerprint density at radius 3 is 2.92 bits per heavy atom. The number of amides is 1. The molecule has 0 aliphatic rings. The van der Waals surface area contributed by atoms with Gasteiger partial charge in [0, 0.05) is 11.0 Å². The van der Waals surface area contributed by atoms with Gasteiger partial charge in [0.2, 0.25) is 0 Å². The molecule has 0 spiro atoms. The third kappa shape index (κ3) is 5.98. The Morgan fingerprint density at radius 1 is 1.40 bits per heavy atom. The summed E-state index contributed by atoms with van der Waals surface area (Å²) in [6, 6.07) is 8.98. The fourth-order valence-corrected chi connectivity index (χ4v) is 3.17. The number of nitrogens with zero attached hydrogens (tertiary/aromatic N) is 1. The van der Waals surface area contributed by atoms with Crippen molar-refractivity contribution in [2.45, 2.75) is 24.0 Å². The first kappa shape index (κ1) is 19.7. The lowest BCUT2D eigenvalue weighted by Crippen LogP contribution is -2.38. The smallest absolute Gasteiger partial charge is 0.273 e. The number of thioether (sulfide) groups is 2. The fourth-order valence-electron chi connectivity index (χ4n) is 2.10. The lowest BCUT2D eigenvalue weighted by atomic mass is 10.2. The van der Waals surface area contributed by atoms with Crippen LogP contribution in [0.5, 0.6) is 5.75 Å². The number of carbonyl (C=O) groups is 1. The number of ether oxygens (including phenoxy) is 1. The van der Waals surface area contributed by atoms with Crippen molar-refractivity contribution < 1.29 is 19.2 Å². The maximum Gasteiger partial charge on any atom is 0.273 e. The van der Waals surface area contributed by atoms with Crippen LogP contribution < -0.4 is 10.1 Å². The molecular formula is C17H22N2O4S2. The molecule has 25 heavy (non-hydrogen) atoms. The molecule has 1 heterocycles. The summed E-state index contributed by atoms with van der Waals surface area (Å²) < 4.78 is 10.9. The molecule has 136 valence electrons. The predicted octanol–water partition coefficient (Wildman–Crippen LogP) is 2.82. The molecule has 0 fully saturated rings. The molecule has 0 saturated heterocycles.